The molecule has 0 bridgehead atoms. The van der Waals surface area contributed by atoms with E-state index in [4.69, 9.17) is 14.7 Å². The average molecular weight is 444 g/mol. The van der Waals surface area contributed by atoms with E-state index in [1.165, 1.54) is 18.9 Å². The van der Waals surface area contributed by atoms with Gasteiger partial charge in [-0.2, -0.15) is 0 Å². The number of ether oxygens (including phenoxy) is 1. The molecule has 1 saturated heterocycles. The molecular formula is C26H26FN5O. The van der Waals surface area contributed by atoms with Gasteiger partial charge in [-0.3, -0.25) is 9.88 Å². The van der Waals surface area contributed by atoms with Crippen LogP contribution < -0.4 is 10.1 Å². The molecule has 2 aromatic carbocycles. The SMILES string of the molecule is CNc1nc(-c2cccnc2)nc2c(OCCN3CCCC3)cc(-c3ccccc3F)cc12. The second-order valence-corrected chi connectivity index (χ2v) is 8.14. The van der Waals surface area contributed by atoms with Crippen molar-refractivity contribution in [2.45, 2.75) is 12.8 Å². The summed E-state index contributed by atoms with van der Waals surface area (Å²) in [7, 11) is 1.82. The molecule has 0 spiro atoms. The third kappa shape index (κ3) is 4.50. The molecule has 0 atom stereocenters. The Morgan fingerprint density at radius 1 is 1.03 bits per heavy atom. The molecule has 33 heavy (non-hydrogen) atoms. The first kappa shape index (κ1) is 21.3. The summed E-state index contributed by atoms with van der Waals surface area (Å²) < 4.78 is 20.9. The smallest absolute Gasteiger partial charge is 0.163 e. The Morgan fingerprint density at radius 2 is 1.88 bits per heavy atom. The van der Waals surface area contributed by atoms with Gasteiger partial charge in [0.05, 0.1) is 0 Å². The maximum Gasteiger partial charge on any atom is 0.163 e. The normalized spacial score (nSPS) is 14.0. The molecule has 3 heterocycles. The van der Waals surface area contributed by atoms with E-state index in [0.717, 1.165) is 36.1 Å². The minimum absolute atomic E-state index is 0.279. The summed E-state index contributed by atoms with van der Waals surface area (Å²) >= 11 is 0. The molecule has 0 radical (unpaired) electrons. The van der Waals surface area contributed by atoms with Gasteiger partial charge >= 0.3 is 0 Å². The van der Waals surface area contributed by atoms with Crippen LogP contribution in [0.1, 0.15) is 12.8 Å². The molecular weight excluding hydrogens is 417 g/mol. The maximum absolute atomic E-state index is 14.6. The van der Waals surface area contributed by atoms with E-state index in [9.17, 15) is 4.39 Å². The van der Waals surface area contributed by atoms with Crippen LogP contribution >= 0.6 is 0 Å². The van der Waals surface area contributed by atoms with Gasteiger partial charge in [0.2, 0.25) is 0 Å². The number of fused-ring (bicyclic) bond motifs is 1. The predicted molar refractivity (Wildman–Crippen MR) is 129 cm³/mol. The molecule has 1 fully saturated rings. The number of halogens is 1. The van der Waals surface area contributed by atoms with Crippen LogP contribution in [-0.4, -0.2) is 53.1 Å². The molecule has 0 amide bonds. The minimum atomic E-state index is -0.279. The van der Waals surface area contributed by atoms with Crippen LogP contribution in [0.15, 0.2) is 60.9 Å². The summed E-state index contributed by atoms with van der Waals surface area (Å²) in [5, 5.41) is 3.95. The Balaban J connectivity index is 1.62. The number of nitrogens with zero attached hydrogens (tertiary/aromatic N) is 4. The number of aromatic nitrogens is 3. The molecule has 0 unspecified atom stereocenters. The highest BCUT2D eigenvalue weighted by atomic mass is 19.1. The Bertz CT molecular complexity index is 1260. The predicted octanol–water partition coefficient (Wildman–Crippen LogP) is 5.01. The Kier molecular flexibility index (Phi) is 6.13. The van der Waals surface area contributed by atoms with Crippen molar-refractivity contribution in [3.8, 4) is 28.3 Å². The van der Waals surface area contributed by atoms with E-state index in [1.807, 2.05) is 37.4 Å². The van der Waals surface area contributed by atoms with Gasteiger partial charge in [0.25, 0.3) is 0 Å². The lowest BCUT2D eigenvalue weighted by molar-refractivity contribution is 0.239. The quantitative estimate of drug-likeness (QED) is 0.433. The molecule has 4 aromatic rings. The van der Waals surface area contributed by atoms with Gasteiger partial charge < -0.3 is 10.1 Å². The fraction of sp³-hybridized carbons (Fsp3) is 0.269. The molecule has 1 aliphatic heterocycles. The van der Waals surface area contributed by atoms with E-state index < -0.39 is 0 Å². The monoisotopic (exact) mass is 443 g/mol. The lowest BCUT2D eigenvalue weighted by Gasteiger charge is -2.17. The molecule has 1 aliphatic rings. The average Bonchev–Trinajstić information content (AvgIpc) is 3.38. The van der Waals surface area contributed by atoms with Gasteiger partial charge in [-0.25, -0.2) is 14.4 Å². The van der Waals surface area contributed by atoms with Crippen molar-refractivity contribution in [2.75, 3.05) is 38.6 Å². The van der Waals surface area contributed by atoms with Crippen molar-refractivity contribution < 1.29 is 9.13 Å². The standard InChI is InChI=1S/C26H26FN5O/c1-28-26-21-15-19(20-8-2-3-9-22(20)27)16-23(33-14-13-32-11-4-5-12-32)24(21)30-25(31-26)18-7-6-10-29-17-18/h2-3,6-10,15-17H,4-5,11-14H2,1H3,(H,28,30,31). The molecule has 168 valence electrons. The first-order valence-electron chi connectivity index (χ1n) is 11.3. The number of hydrogen-bond acceptors (Lipinski definition) is 6. The van der Waals surface area contributed by atoms with Gasteiger partial charge in [-0.15, -0.1) is 0 Å². The topological polar surface area (TPSA) is 63.2 Å². The number of rotatable bonds is 7. The van der Waals surface area contributed by atoms with E-state index in [0.29, 0.717) is 35.1 Å². The summed E-state index contributed by atoms with van der Waals surface area (Å²) in [6.45, 7) is 3.61. The summed E-state index contributed by atoms with van der Waals surface area (Å²) in [5.74, 6) is 1.55. The van der Waals surface area contributed by atoms with Crippen LogP contribution in [0.3, 0.4) is 0 Å². The molecule has 7 heteroatoms. The van der Waals surface area contributed by atoms with Crippen molar-refractivity contribution >= 4 is 16.7 Å². The highest BCUT2D eigenvalue weighted by Gasteiger charge is 2.17. The molecule has 6 nitrogen and oxygen atoms in total. The summed E-state index contributed by atoms with van der Waals surface area (Å²) in [5.41, 5.74) is 2.75. The number of benzene rings is 2. The molecule has 5 rings (SSSR count). The van der Waals surface area contributed by atoms with Crippen molar-refractivity contribution in [3.63, 3.8) is 0 Å². The van der Waals surface area contributed by atoms with E-state index in [-0.39, 0.29) is 5.82 Å². The molecule has 0 saturated carbocycles. The maximum atomic E-state index is 14.6. The van der Waals surface area contributed by atoms with Crippen molar-refractivity contribution in [2.24, 2.45) is 0 Å². The van der Waals surface area contributed by atoms with Crippen LogP contribution in [0, 0.1) is 5.82 Å². The summed E-state index contributed by atoms with van der Waals surface area (Å²) in [6.07, 6.45) is 5.93. The van der Waals surface area contributed by atoms with E-state index in [2.05, 4.69) is 15.2 Å². The van der Waals surface area contributed by atoms with Crippen LogP contribution in [0.2, 0.25) is 0 Å². The third-order valence-corrected chi connectivity index (χ3v) is 5.97. The van der Waals surface area contributed by atoms with Crippen LogP contribution in [-0.2, 0) is 0 Å². The Morgan fingerprint density at radius 3 is 2.64 bits per heavy atom. The number of nitrogens with one attached hydrogen (secondary N) is 1. The van der Waals surface area contributed by atoms with Gasteiger partial charge in [0.1, 0.15) is 29.5 Å². The Labute approximate surface area is 192 Å². The van der Waals surface area contributed by atoms with Crippen molar-refractivity contribution in [3.05, 3.63) is 66.7 Å². The Hall–Kier alpha value is -3.58. The van der Waals surface area contributed by atoms with E-state index in [1.54, 1.807) is 24.5 Å². The summed E-state index contributed by atoms with van der Waals surface area (Å²) in [4.78, 5) is 16.1. The fourth-order valence-electron chi connectivity index (χ4n) is 4.27. The lowest BCUT2D eigenvalue weighted by atomic mass is 10.0. The van der Waals surface area contributed by atoms with Crippen molar-refractivity contribution in [1.82, 2.24) is 19.9 Å². The van der Waals surface area contributed by atoms with Crippen LogP contribution in [0.25, 0.3) is 33.4 Å². The highest BCUT2D eigenvalue weighted by Crippen LogP contribution is 2.36. The first-order valence-corrected chi connectivity index (χ1v) is 11.3. The number of anilines is 1. The highest BCUT2D eigenvalue weighted by molar-refractivity contribution is 5.97. The molecule has 0 aliphatic carbocycles. The zero-order valence-corrected chi connectivity index (χ0v) is 18.6. The largest absolute Gasteiger partial charge is 0.490 e. The second kappa shape index (κ2) is 9.50. The lowest BCUT2D eigenvalue weighted by Crippen LogP contribution is -2.25. The van der Waals surface area contributed by atoms with Gasteiger partial charge in [0, 0.05) is 42.5 Å². The van der Waals surface area contributed by atoms with Gasteiger partial charge in [-0.05, 0) is 61.8 Å². The molecule has 1 N–H and O–H groups in total. The van der Waals surface area contributed by atoms with Crippen LogP contribution in [0.5, 0.6) is 5.75 Å². The number of pyridine rings is 1. The second-order valence-electron chi connectivity index (χ2n) is 8.14. The minimum Gasteiger partial charge on any atom is -0.490 e. The zero-order valence-electron chi connectivity index (χ0n) is 18.6. The van der Waals surface area contributed by atoms with E-state index >= 15 is 0 Å². The number of likely N-dealkylation sites (tertiary alicyclic amines) is 1. The third-order valence-electron chi connectivity index (χ3n) is 5.97. The van der Waals surface area contributed by atoms with Crippen molar-refractivity contribution in [1.29, 1.82) is 0 Å². The first-order chi connectivity index (χ1) is 16.2. The fourth-order valence-corrected chi connectivity index (χ4v) is 4.27. The van der Waals surface area contributed by atoms with Gasteiger partial charge in [-0.1, -0.05) is 18.2 Å². The summed E-state index contributed by atoms with van der Waals surface area (Å²) in [6, 6.07) is 14.3. The zero-order chi connectivity index (χ0) is 22.6. The van der Waals surface area contributed by atoms with Crippen LogP contribution in [0.4, 0.5) is 10.2 Å². The molecule has 2 aromatic heterocycles. The van der Waals surface area contributed by atoms with Gasteiger partial charge in [0.15, 0.2) is 5.82 Å². The number of hydrogen-bond donors (Lipinski definition) is 1.